The minimum Gasteiger partial charge on any atom is -0.483 e. The van der Waals surface area contributed by atoms with Gasteiger partial charge in [0.2, 0.25) is 0 Å². The second kappa shape index (κ2) is 9.38. The van der Waals surface area contributed by atoms with Crippen LogP contribution in [0, 0.1) is 13.8 Å². The molecule has 0 heterocycles. The third-order valence-electron chi connectivity index (χ3n) is 3.61. The number of aryl methyl sites for hydroxylation is 2. The number of hydrogen-bond acceptors (Lipinski definition) is 4. The fourth-order valence-corrected chi connectivity index (χ4v) is 3.11. The van der Waals surface area contributed by atoms with Crippen LogP contribution < -0.4 is 10.1 Å². The van der Waals surface area contributed by atoms with Crippen molar-refractivity contribution in [3.63, 3.8) is 0 Å². The maximum atomic E-state index is 12.1. The lowest BCUT2D eigenvalue weighted by atomic mass is 10.1. The molecule has 0 aromatic heterocycles. The summed E-state index contributed by atoms with van der Waals surface area (Å²) >= 11 is 3.43. The maximum Gasteiger partial charge on any atom is 0.338 e. The van der Waals surface area contributed by atoms with Crippen molar-refractivity contribution in [2.75, 3.05) is 18.5 Å². The Balaban J connectivity index is 1.91. The normalized spacial score (nSPS) is 10.3. The van der Waals surface area contributed by atoms with E-state index in [4.69, 9.17) is 9.47 Å². The lowest BCUT2D eigenvalue weighted by Crippen LogP contribution is -2.20. The van der Waals surface area contributed by atoms with Gasteiger partial charge in [0, 0.05) is 10.2 Å². The second-order valence-corrected chi connectivity index (χ2v) is 6.83. The SMILES string of the molecule is CCCOC(=O)c1ccc(NC(=O)COc2c(C)cc(Br)cc2C)cc1. The van der Waals surface area contributed by atoms with E-state index in [1.807, 2.05) is 32.9 Å². The Bertz CT molecular complexity index is 764. The molecule has 0 atom stereocenters. The fraction of sp³-hybridized carbons (Fsp3) is 0.300. The van der Waals surface area contributed by atoms with Gasteiger partial charge in [-0.05, 0) is 67.8 Å². The van der Waals surface area contributed by atoms with Gasteiger partial charge < -0.3 is 14.8 Å². The van der Waals surface area contributed by atoms with E-state index in [9.17, 15) is 9.59 Å². The number of carbonyl (C=O) groups is 2. The Morgan fingerprint density at radius 1 is 1.08 bits per heavy atom. The Labute approximate surface area is 161 Å². The van der Waals surface area contributed by atoms with Crippen molar-refractivity contribution < 1.29 is 19.1 Å². The van der Waals surface area contributed by atoms with Crippen molar-refractivity contribution >= 4 is 33.5 Å². The van der Waals surface area contributed by atoms with Gasteiger partial charge in [0.25, 0.3) is 5.91 Å². The van der Waals surface area contributed by atoms with Crippen LogP contribution in [0.1, 0.15) is 34.8 Å². The van der Waals surface area contributed by atoms with Crippen molar-refractivity contribution in [2.24, 2.45) is 0 Å². The van der Waals surface area contributed by atoms with Crippen molar-refractivity contribution in [1.82, 2.24) is 0 Å². The molecule has 1 amide bonds. The highest BCUT2D eigenvalue weighted by atomic mass is 79.9. The van der Waals surface area contributed by atoms with Gasteiger partial charge in [-0.2, -0.15) is 0 Å². The Morgan fingerprint density at radius 3 is 2.27 bits per heavy atom. The first kappa shape index (κ1) is 20.0. The Hall–Kier alpha value is -2.34. The Kier molecular flexibility index (Phi) is 7.21. The molecule has 0 fully saturated rings. The standard InChI is InChI=1S/C20H22BrNO4/c1-4-9-25-20(24)15-5-7-17(8-6-15)22-18(23)12-26-19-13(2)10-16(21)11-14(19)3/h5-8,10-11H,4,9,12H2,1-3H3,(H,22,23). The molecule has 0 bridgehead atoms. The number of esters is 1. The molecule has 0 aliphatic carbocycles. The van der Waals surface area contributed by atoms with E-state index in [2.05, 4.69) is 21.2 Å². The van der Waals surface area contributed by atoms with E-state index in [1.54, 1.807) is 24.3 Å². The summed E-state index contributed by atoms with van der Waals surface area (Å²) in [5.74, 6) is 0.0691. The van der Waals surface area contributed by atoms with Crippen LogP contribution in [0.15, 0.2) is 40.9 Å². The predicted octanol–water partition coefficient (Wildman–Crippen LogP) is 4.65. The molecule has 0 spiro atoms. The molecule has 5 nitrogen and oxygen atoms in total. The molecule has 2 aromatic carbocycles. The van der Waals surface area contributed by atoms with Gasteiger partial charge in [0.05, 0.1) is 12.2 Å². The molecule has 0 saturated heterocycles. The molecule has 138 valence electrons. The minimum absolute atomic E-state index is 0.0936. The number of halogens is 1. The third-order valence-corrected chi connectivity index (χ3v) is 4.07. The van der Waals surface area contributed by atoms with Gasteiger partial charge in [0.1, 0.15) is 5.75 Å². The van der Waals surface area contributed by atoms with Gasteiger partial charge in [0.15, 0.2) is 6.61 Å². The minimum atomic E-state index is -0.366. The van der Waals surface area contributed by atoms with Gasteiger partial charge in [-0.3, -0.25) is 4.79 Å². The first-order valence-corrected chi connectivity index (χ1v) is 9.16. The lowest BCUT2D eigenvalue weighted by molar-refractivity contribution is -0.118. The summed E-state index contributed by atoms with van der Waals surface area (Å²) < 4.78 is 11.7. The fourth-order valence-electron chi connectivity index (χ4n) is 2.43. The summed E-state index contributed by atoms with van der Waals surface area (Å²) in [7, 11) is 0. The van der Waals surface area contributed by atoms with Crippen molar-refractivity contribution in [3.8, 4) is 5.75 Å². The van der Waals surface area contributed by atoms with E-state index < -0.39 is 0 Å². The van der Waals surface area contributed by atoms with Crippen molar-refractivity contribution in [1.29, 1.82) is 0 Å². The summed E-state index contributed by atoms with van der Waals surface area (Å²) in [6, 6.07) is 10.5. The zero-order valence-electron chi connectivity index (χ0n) is 15.1. The second-order valence-electron chi connectivity index (χ2n) is 5.92. The molecule has 2 aromatic rings. The van der Waals surface area contributed by atoms with Crippen LogP contribution in [0.2, 0.25) is 0 Å². The highest BCUT2D eigenvalue weighted by molar-refractivity contribution is 9.10. The van der Waals surface area contributed by atoms with Crippen LogP contribution >= 0.6 is 15.9 Å². The Morgan fingerprint density at radius 2 is 1.69 bits per heavy atom. The van der Waals surface area contributed by atoms with E-state index >= 15 is 0 Å². The summed E-state index contributed by atoms with van der Waals surface area (Å²) in [6.45, 7) is 6.10. The van der Waals surface area contributed by atoms with Crippen LogP contribution in [0.25, 0.3) is 0 Å². The van der Waals surface area contributed by atoms with E-state index in [-0.39, 0.29) is 18.5 Å². The van der Waals surface area contributed by atoms with E-state index in [1.165, 1.54) is 0 Å². The lowest BCUT2D eigenvalue weighted by Gasteiger charge is -2.13. The van der Waals surface area contributed by atoms with Crippen molar-refractivity contribution in [2.45, 2.75) is 27.2 Å². The van der Waals surface area contributed by atoms with Crippen LogP contribution in [0.5, 0.6) is 5.75 Å². The highest BCUT2D eigenvalue weighted by Crippen LogP contribution is 2.27. The molecular weight excluding hydrogens is 398 g/mol. The smallest absolute Gasteiger partial charge is 0.338 e. The molecule has 0 aliphatic rings. The first-order valence-electron chi connectivity index (χ1n) is 8.37. The zero-order valence-corrected chi connectivity index (χ0v) is 16.7. The van der Waals surface area contributed by atoms with Gasteiger partial charge in [-0.25, -0.2) is 4.79 Å². The first-order chi connectivity index (χ1) is 12.4. The molecular formula is C20H22BrNO4. The van der Waals surface area contributed by atoms with Gasteiger partial charge in [-0.15, -0.1) is 0 Å². The zero-order chi connectivity index (χ0) is 19.1. The van der Waals surface area contributed by atoms with Crippen LogP contribution in [0.3, 0.4) is 0 Å². The average molecular weight is 420 g/mol. The van der Waals surface area contributed by atoms with Crippen LogP contribution in [-0.4, -0.2) is 25.1 Å². The molecule has 1 N–H and O–H groups in total. The summed E-state index contributed by atoms with van der Waals surface area (Å²) in [5.41, 5.74) is 2.96. The number of amides is 1. The quantitative estimate of drug-likeness (QED) is 0.663. The van der Waals surface area contributed by atoms with Gasteiger partial charge >= 0.3 is 5.97 Å². The summed E-state index contributed by atoms with van der Waals surface area (Å²) in [4.78, 5) is 23.8. The number of hydrogen-bond donors (Lipinski definition) is 1. The molecule has 26 heavy (non-hydrogen) atoms. The van der Waals surface area contributed by atoms with Crippen LogP contribution in [-0.2, 0) is 9.53 Å². The average Bonchev–Trinajstić information content (AvgIpc) is 2.59. The molecule has 0 aliphatic heterocycles. The van der Waals surface area contributed by atoms with E-state index in [0.717, 1.165) is 22.0 Å². The van der Waals surface area contributed by atoms with Crippen LogP contribution in [0.4, 0.5) is 5.69 Å². The molecule has 0 saturated carbocycles. The molecule has 2 rings (SSSR count). The molecule has 0 unspecified atom stereocenters. The highest BCUT2D eigenvalue weighted by Gasteiger charge is 2.10. The number of rotatable bonds is 7. The number of benzene rings is 2. The molecule has 0 radical (unpaired) electrons. The summed E-state index contributed by atoms with van der Waals surface area (Å²) in [6.07, 6.45) is 0.775. The summed E-state index contributed by atoms with van der Waals surface area (Å²) in [5, 5.41) is 2.75. The maximum absolute atomic E-state index is 12.1. The third kappa shape index (κ3) is 5.59. The number of ether oxygens (including phenoxy) is 2. The number of anilines is 1. The monoisotopic (exact) mass is 419 g/mol. The van der Waals surface area contributed by atoms with Gasteiger partial charge in [-0.1, -0.05) is 22.9 Å². The largest absolute Gasteiger partial charge is 0.483 e. The topological polar surface area (TPSA) is 64.6 Å². The predicted molar refractivity (Wildman–Crippen MR) is 105 cm³/mol. The number of carbonyl (C=O) groups excluding carboxylic acids is 2. The number of nitrogens with one attached hydrogen (secondary N) is 1. The van der Waals surface area contributed by atoms with Crippen molar-refractivity contribution in [3.05, 3.63) is 57.6 Å². The van der Waals surface area contributed by atoms with E-state index in [0.29, 0.717) is 23.6 Å². The molecule has 6 heteroatoms.